The number of nitrogens with two attached hydrogens (primary N) is 1. The summed E-state index contributed by atoms with van der Waals surface area (Å²) in [7, 11) is 0. The molecule has 0 radical (unpaired) electrons. The molecule has 0 aliphatic carbocycles. The maximum Gasteiger partial charge on any atom is 0.267 e. The third kappa shape index (κ3) is 4.92. The van der Waals surface area contributed by atoms with E-state index in [1.165, 1.54) is 6.07 Å². The molecule has 0 aliphatic rings. The van der Waals surface area contributed by atoms with Crippen LogP contribution in [0.3, 0.4) is 0 Å². The molecule has 8 nitrogen and oxygen atoms in total. The zero-order valence-electron chi connectivity index (χ0n) is 20.7. The molecule has 0 fully saturated rings. The number of aromatic nitrogens is 3. The molecule has 2 aromatic carbocycles. The highest BCUT2D eigenvalue weighted by Gasteiger charge is 2.30. The Balaban J connectivity index is 1.87. The molecule has 4 aromatic rings. The van der Waals surface area contributed by atoms with Gasteiger partial charge in [-0.25, -0.2) is 4.39 Å². The van der Waals surface area contributed by atoms with E-state index in [1.54, 1.807) is 35.4 Å². The average molecular weight is 492 g/mol. The first-order valence-electron chi connectivity index (χ1n) is 12.0. The highest BCUT2D eigenvalue weighted by atomic mass is 19.1. The minimum absolute atomic E-state index is 0.128. The Bertz CT molecular complexity index is 1430. The molecule has 188 valence electrons. The highest BCUT2D eigenvalue weighted by Crippen LogP contribution is 2.27. The fourth-order valence-electron chi connectivity index (χ4n) is 4.35. The topological polar surface area (TPSA) is 107 Å². The summed E-state index contributed by atoms with van der Waals surface area (Å²) < 4.78 is 21.3. The molecular weight excluding hydrogens is 461 g/mol. The van der Waals surface area contributed by atoms with Gasteiger partial charge in [0.15, 0.2) is 0 Å². The largest absolute Gasteiger partial charge is 0.335 e. The number of nitrogens with zero attached hydrogens (tertiary/aromatic N) is 4. The average Bonchev–Trinajstić information content (AvgIpc) is 3.26. The lowest BCUT2D eigenvalue weighted by Crippen LogP contribution is -2.40. The van der Waals surface area contributed by atoms with E-state index in [1.807, 2.05) is 37.3 Å². The van der Waals surface area contributed by atoms with Crippen LogP contribution in [0.15, 0.2) is 57.8 Å². The number of aryl methyl sites for hydroxylation is 2. The summed E-state index contributed by atoms with van der Waals surface area (Å²) in [5, 5.41) is 4.25. The van der Waals surface area contributed by atoms with Gasteiger partial charge in [-0.2, -0.15) is 4.98 Å². The number of halogens is 1. The van der Waals surface area contributed by atoms with Crippen LogP contribution in [0, 0.1) is 19.7 Å². The number of carbonyl (C=O) groups excluding carboxylic acids is 1. The summed E-state index contributed by atoms with van der Waals surface area (Å²) >= 11 is 0. The van der Waals surface area contributed by atoms with E-state index in [9.17, 15) is 14.0 Å². The fourth-order valence-corrected chi connectivity index (χ4v) is 4.35. The van der Waals surface area contributed by atoms with Crippen molar-refractivity contribution in [3.63, 3.8) is 0 Å². The predicted molar refractivity (Wildman–Crippen MR) is 135 cm³/mol. The SMILES string of the molecule is CCC(c1nc2onc(C)c2c(=O)n1Cc1ccccc1)N(CCCN)C(=O)c1ccc(C)c(F)c1. The molecule has 2 aromatic heterocycles. The molecular formula is C27H30FN5O3. The van der Waals surface area contributed by atoms with Crippen molar-refractivity contribution in [3.05, 3.63) is 92.9 Å². The number of benzene rings is 2. The summed E-state index contributed by atoms with van der Waals surface area (Å²) in [6.45, 7) is 6.20. The van der Waals surface area contributed by atoms with E-state index in [-0.39, 0.29) is 29.3 Å². The molecule has 0 saturated carbocycles. The molecule has 36 heavy (non-hydrogen) atoms. The molecule has 0 spiro atoms. The molecule has 4 rings (SSSR count). The van der Waals surface area contributed by atoms with Gasteiger partial charge < -0.3 is 15.2 Å². The van der Waals surface area contributed by atoms with Crippen LogP contribution >= 0.6 is 0 Å². The number of carbonyl (C=O) groups is 1. The first kappa shape index (κ1) is 25.2. The summed E-state index contributed by atoms with van der Waals surface area (Å²) in [6, 6.07) is 13.4. The lowest BCUT2D eigenvalue weighted by Gasteiger charge is -2.32. The standard InChI is InChI=1S/C27H30FN5O3/c1-4-22(32(14-8-13-29)26(34)20-12-11-17(2)21(28)15-20)24-30-25-23(18(3)31-36-25)27(35)33(24)16-19-9-6-5-7-10-19/h5-7,9-12,15,22H,4,8,13-14,16,29H2,1-3H3. The zero-order valence-corrected chi connectivity index (χ0v) is 20.7. The number of amides is 1. The Morgan fingerprint density at radius 2 is 1.94 bits per heavy atom. The number of hydrogen-bond acceptors (Lipinski definition) is 6. The van der Waals surface area contributed by atoms with Crippen LogP contribution in [0.4, 0.5) is 4.39 Å². The van der Waals surface area contributed by atoms with Crippen LogP contribution in [0.1, 0.15) is 58.8 Å². The molecule has 0 bridgehead atoms. The van der Waals surface area contributed by atoms with E-state index < -0.39 is 11.9 Å². The second-order valence-corrected chi connectivity index (χ2v) is 8.82. The van der Waals surface area contributed by atoms with Crippen molar-refractivity contribution in [2.45, 2.75) is 46.2 Å². The third-order valence-electron chi connectivity index (χ3n) is 6.32. The normalized spacial score (nSPS) is 12.1. The van der Waals surface area contributed by atoms with Crippen molar-refractivity contribution >= 4 is 17.0 Å². The minimum Gasteiger partial charge on any atom is -0.335 e. The Morgan fingerprint density at radius 1 is 1.19 bits per heavy atom. The van der Waals surface area contributed by atoms with Crippen LogP contribution in [0.2, 0.25) is 0 Å². The highest BCUT2D eigenvalue weighted by molar-refractivity contribution is 5.94. The smallest absolute Gasteiger partial charge is 0.267 e. The number of rotatable bonds is 9. The van der Waals surface area contributed by atoms with Crippen LogP contribution in [0.5, 0.6) is 0 Å². The van der Waals surface area contributed by atoms with E-state index in [2.05, 4.69) is 5.16 Å². The van der Waals surface area contributed by atoms with E-state index in [0.717, 1.165) is 5.56 Å². The van der Waals surface area contributed by atoms with Gasteiger partial charge in [0.2, 0.25) is 0 Å². The second kappa shape index (κ2) is 10.8. The zero-order chi connectivity index (χ0) is 25.8. The van der Waals surface area contributed by atoms with Crippen molar-refractivity contribution in [3.8, 4) is 0 Å². The van der Waals surface area contributed by atoms with Crippen LogP contribution in [-0.2, 0) is 6.54 Å². The van der Waals surface area contributed by atoms with E-state index in [0.29, 0.717) is 48.4 Å². The Hall–Kier alpha value is -3.85. The Morgan fingerprint density at radius 3 is 2.61 bits per heavy atom. The molecule has 0 saturated heterocycles. The Labute approximate surface area is 208 Å². The van der Waals surface area contributed by atoms with Gasteiger partial charge in [0.1, 0.15) is 17.0 Å². The predicted octanol–water partition coefficient (Wildman–Crippen LogP) is 4.13. The minimum atomic E-state index is -0.584. The summed E-state index contributed by atoms with van der Waals surface area (Å²) in [6.07, 6.45) is 0.994. The van der Waals surface area contributed by atoms with Gasteiger partial charge in [0.05, 0.1) is 18.3 Å². The Kier molecular flexibility index (Phi) is 7.59. The molecule has 9 heteroatoms. The summed E-state index contributed by atoms with van der Waals surface area (Å²) in [5.74, 6) is -0.429. The lowest BCUT2D eigenvalue weighted by molar-refractivity contribution is 0.0655. The maximum atomic E-state index is 14.3. The van der Waals surface area contributed by atoms with Gasteiger partial charge in [-0.1, -0.05) is 48.5 Å². The van der Waals surface area contributed by atoms with Gasteiger partial charge in [0, 0.05) is 12.1 Å². The molecule has 2 heterocycles. The van der Waals surface area contributed by atoms with Gasteiger partial charge in [-0.05, 0) is 56.5 Å². The van der Waals surface area contributed by atoms with Gasteiger partial charge in [-0.15, -0.1) is 0 Å². The number of fused-ring (bicyclic) bond motifs is 1. The molecule has 2 N–H and O–H groups in total. The van der Waals surface area contributed by atoms with Crippen molar-refractivity contribution in [2.24, 2.45) is 5.73 Å². The molecule has 1 unspecified atom stereocenters. The third-order valence-corrected chi connectivity index (χ3v) is 6.32. The van der Waals surface area contributed by atoms with Gasteiger partial charge >= 0.3 is 0 Å². The first-order chi connectivity index (χ1) is 17.3. The quantitative estimate of drug-likeness (QED) is 0.377. The number of hydrogen-bond donors (Lipinski definition) is 1. The fraction of sp³-hybridized carbons (Fsp3) is 0.333. The van der Waals surface area contributed by atoms with Crippen molar-refractivity contribution in [1.29, 1.82) is 0 Å². The van der Waals surface area contributed by atoms with E-state index >= 15 is 0 Å². The van der Waals surface area contributed by atoms with Gasteiger partial charge in [0.25, 0.3) is 17.2 Å². The van der Waals surface area contributed by atoms with E-state index in [4.69, 9.17) is 15.2 Å². The molecule has 0 aliphatic heterocycles. The van der Waals surface area contributed by atoms with Crippen LogP contribution in [0.25, 0.3) is 11.1 Å². The van der Waals surface area contributed by atoms with Crippen LogP contribution in [-0.4, -0.2) is 38.6 Å². The second-order valence-electron chi connectivity index (χ2n) is 8.82. The monoisotopic (exact) mass is 491 g/mol. The van der Waals surface area contributed by atoms with Gasteiger partial charge in [-0.3, -0.25) is 14.2 Å². The molecule has 1 atom stereocenters. The lowest BCUT2D eigenvalue weighted by atomic mass is 10.1. The maximum absolute atomic E-state index is 14.3. The van der Waals surface area contributed by atoms with Crippen molar-refractivity contribution < 1.29 is 13.7 Å². The summed E-state index contributed by atoms with van der Waals surface area (Å²) in [4.78, 5) is 33.7. The van der Waals surface area contributed by atoms with Crippen molar-refractivity contribution in [2.75, 3.05) is 13.1 Å². The molecule has 1 amide bonds. The first-order valence-corrected chi connectivity index (χ1v) is 12.0. The summed E-state index contributed by atoms with van der Waals surface area (Å²) in [5.41, 5.74) is 7.66. The van der Waals surface area contributed by atoms with Crippen LogP contribution < -0.4 is 11.3 Å². The van der Waals surface area contributed by atoms with Crippen molar-refractivity contribution in [1.82, 2.24) is 19.6 Å².